The highest BCUT2D eigenvalue weighted by Crippen LogP contribution is 2.31. The number of hydrogen-bond acceptors (Lipinski definition) is 4. The van der Waals surface area contributed by atoms with Crippen molar-refractivity contribution >= 4 is 17.7 Å². The molecular formula is C22H21F2N3O2S. The van der Waals surface area contributed by atoms with E-state index >= 15 is 0 Å². The quantitative estimate of drug-likeness (QED) is 0.504. The topological polar surface area (TPSA) is 47.4 Å². The van der Waals surface area contributed by atoms with E-state index in [0.29, 0.717) is 10.9 Å². The van der Waals surface area contributed by atoms with E-state index in [1.165, 1.54) is 23.9 Å². The highest BCUT2D eigenvalue weighted by molar-refractivity contribution is 7.99. The Hall–Kier alpha value is -2.87. The van der Waals surface area contributed by atoms with Crippen molar-refractivity contribution in [2.24, 2.45) is 0 Å². The van der Waals surface area contributed by atoms with Crippen LogP contribution in [0.2, 0.25) is 0 Å². The van der Waals surface area contributed by atoms with Gasteiger partial charge < -0.3 is 9.64 Å². The number of thioether (sulfide) groups is 1. The summed E-state index contributed by atoms with van der Waals surface area (Å²) in [6.07, 6.45) is 3.87. The van der Waals surface area contributed by atoms with Crippen molar-refractivity contribution in [1.82, 2.24) is 14.5 Å². The van der Waals surface area contributed by atoms with Crippen LogP contribution in [-0.4, -0.2) is 45.8 Å². The Morgan fingerprint density at radius 2 is 1.77 bits per heavy atom. The first-order valence-electron chi connectivity index (χ1n) is 9.71. The van der Waals surface area contributed by atoms with Gasteiger partial charge in [-0.2, -0.15) is 8.78 Å². The normalized spacial score (nSPS) is 13.8. The number of nitrogens with zero attached hydrogens (tertiary/aromatic N) is 3. The molecule has 0 atom stereocenters. The number of imidazole rings is 1. The molecule has 5 nitrogen and oxygen atoms in total. The number of benzene rings is 2. The monoisotopic (exact) mass is 429 g/mol. The molecule has 3 aromatic rings. The Balaban J connectivity index is 1.63. The van der Waals surface area contributed by atoms with E-state index < -0.39 is 6.61 Å². The zero-order valence-electron chi connectivity index (χ0n) is 16.2. The van der Waals surface area contributed by atoms with Gasteiger partial charge in [-0.05, 0) is 37.1 Å². The Labute approximate surface area is 177 Å². The number of aromatic nitrogens is 2. The number of hydrogen-bond donors (Lipinski definition) is 0. The lowest BCUT2D eigenvalue weighted by atomic mass is 10.1. The van der Waals surface area contributed by atoms with E-state index in [-0.39, 0.29) is 11.7 Å². The van der Waals surface area contributed by atoms with Crippen LogP contribution >= 0.6 is 11.8 Å². The van der Waals surface area contributed by atoms with Crippen LogP contribution < -0.4 is 4.74 Å². The van der Waals surface area contributed by atoms with E-state index in [0.717, 1.165) is 42.9 Å². The molecule has 2 aromatic carbocycles. The molecule has 156 valence electrons. The molecule has 2 heterocycles. The van der Waals surface area contributed by atoms with E-state index in [4.69, 9.17) is 0 Å². The number of carbonyl (C=O) groups is 1. The predicted octanol–water partition coefficient (Wildman–Crippen LogP) is 4.86. The second-order valence-electron chi connectivity index (χ2n) is 6.88. The Morgan fingerprint density at radius 3 is 2.43 bits per heavy atom. The highest BCUT2D eigenvalue weighted by atomic mass is 32.2. The maximum atomic E-state index is 12.5. The second-order valence-corrected chi connectivity index (χ2v) is 7.82. The van der Waals surface area contributed by atoms with Crippen LogP contribution in [-0.2, 0) is 4.79 Å². The van der Waals surface area contributed by atoms with Gasteiger partial charge in [-0.15, -0.1) is 0 Å². The molecule has 0 saturated carbocycles. The van der Waals surface area contributed by atoms with Gasteiger partial charge in [0.05, 0.1) is 17.6 Å². The fraction of sp³-hybridized carbons (Fsp3) is 0.273. The maximum Gasteiger partial charge on any atom is 0.387 e. The van der Waals surface area contributed by atoms with Crippen molar-refractivity contribution in [3.05, 3.63) is 60.8 Å². The number of carbonyl (C=O) groups excluding carboxylic acids is 1. The average molecular weight is 429 g/mol. The van der Waals surface area contributed by atoms with Crippen LogP contribution in [0.25, 0.3) is 16.9 Å². The lowest BCUT2D eigenvalue weighted by molar-refractivity contribution is -0.127. The number of rotatable bonds is 7. The van der Waals surface area contributed by atoms with Crippen LogP contribution in [0, 0.1) is 0 Å². The largest absolute Gasteiger partial charge is 0.435 e. The molecule has 30 heavy (non-hydrogen) atoms. The standard InChI is InChI=1S/C22H21F2N3O2S/c23-21(24)29-18-10-8-17(9-11-18)27-19(16-6-2-1-3-7-16)14-25-22(27)30-15-20(28)26-12-4-5-13-26/h1-3,6-11,14,21H,4-5,12-13,15H2. The minimum atomic E-state index is -2.87. The summed E-state index contributed by atoms with van der Waals surface area (Å²) in [6.45, 7) is -1.24. The number of ether oxygens (including phenoxy) is 1. The summed E-state index contributed by atoms with van der Waals surface area (Å²) in [5.41, 5.74) is 2.58. The van der Waals surface area contributed by atoms with Gasteiger partial charge in [-0.1, -0.05) is 42.1 Å². The van der Waals surface area contributed by atoms with E-state index in [1.807, 2.05) is 39.8 Å². The van der Waals surface area contributed by atoms with E-state index in [9.17, 15) is 13.6 Å². The average Bonchev–Trinajstić information content (AvgIpc) is 3.43. The Morgan fingerprint density at radius 1 is 1.07 bits per heavy atom. The third-order valence-electron chi connectivity index (χ3n) is 4.90. The molecule has 0 bridgehead atoms. The zero-order valence-corrected chi connectivity index (χ0v) is 17.0. The predicted molar refractivity (Wildman–Crippen MR) is 112 cm³/mol. The minimum absolute atomic E-state index is 0.0912. The lowest BCUT2D eigenvalue weighted by Crippen LogP contribution is -2.29. The molecule has 0 aliphatic carbocycles. The van der Waals surface area contributed by atoms with Crippen LogP contribution in [0.5, 0.6) is 5.75 Å². The molecule has 8 heteroatoms. The van der Waals surface area contributed by atoms with Crippen LogP contribution in [0.3, 0.4) is 0 Å². The van der Waals surface area contributed by atoms with Crippen LogP contribution in [0.1, 0.15) is 12.8 Å². The summed E-state index contributed by atoms with van der Waals surface area (Å²) in [7, 11) is 0. The summed E-state index contributed by atoms with van der Waals surface area (Å²) in [5, 5.41) is 0.670. The van der Waals surface area contributed by atoms with Gasteiger partial charge in [0.2, 0.25) is 5.91 Å². The van der Waals surface area contributed by atoms with Gasteiger partial charge in [0.25, 0.3) is 0 Å². The molecule has 0 radical (unpaired) electrons. The lowest BCUT2D eigenvalue weighted by Gasteiger charge is -2.16. The number of halogens is 2. The Bertz CT molecular complexity index is 987. The molecule has 0 spiro atoms. The summed E-state index contributed by atoms with van der Waals surface area (Å²) < 4.78 is 31.3. The molecule has 1 amide bonds. The molecule has 1 aliphatic rings. The highest BCUT2D eigenvalue weighted by Gasteiger charge is 2.20. The number of amides is 1. The van der Waals surface area contributed by atoms with Gasteiger partial charge in [-0.25, -0.2) is 4.98 Å². The maximum absolute atomic E-state index is 12.5. The molecule has 1 fully saturated rings. The van der Waals surface area contributed by atoms with Crippen molar-refractivity contribution < 1.29 is 18.3 Å². The van der Waals surface area contributed by atoms with Crippen molar-refractivity contribution in [2.75, 3.05) is 18.8 Å². The van der Waals surface area contributed by atoms with Crippen molar-refractivity contribution in [3.63, 3.8) is 0 Å². The fourth-order valence-electron chi connectivity index (χ4n) is 3.46. The van der Waals surface area contributed by atoms with Gasteiger partial charge in [0.15, 0.2) is 5.16 Å². The first-order valence-corrected chi connectivity index (χ1v) is 10.7. The van der Waals surface area contributed by atoms with Crippen molar-refractivity contribution in [3.8, 4) is 22.7 Å². The van der Waals surface area contributed by atoms with Crippen LogP contribution in [0.4, 0.5) is 8.78 Å². The Kier molecular flexibility index (Phi) is 6.32. The smallest absolute Gasteiger partial charge is 0.387 e. The number of likely N-dealkylation sites (tertiary alicyclic amines) is 1. The van der Waals surface area contributed by atoms with Crippen molar-refractivity contribution in [2.45, 2.75) is 24.6 Å². The summed E-state index contributed by atoms with van der Waals surface area (Å²) in [6, 6.07) is 16.2. The molecule has 1 aliphatic heterocycles. The zero-order chi connectivity index (χ0) is 20.9. The van der Waals surface area contributed by atoms with Gasteiger partial charge in [0, 0.05) is 24.3 Å². The molecule has 1 saturated heterocycles. The SMILES string of the molecule is O=C(CSc1ncc(-c2ccccc2)n1-c1ccc(OC(F)F)cc1)N1CCCC1. The fourth-order valence-corrected chi connectivity index (χ4v) is 4.35. The minimum Gasteiger partial charge on any atom is -0.435 e. The van der Waals surface area contributed by atoms with Crippen LogP contribution in [0.15, 0.2) is 66.0 Å². The van der Waals surface area contributed by atoms with E-state index in [2.05, 4.69) is 9.72 Å². The third kappa shape index (κ3) is 4.64. The van der Waals surface area contributed by atoms with E-state index in [1.54, 1.807) is 18.3 Å². The number of alkyl halides is 2. The molecular weight excluding hydrogens is 408 g/mol. The third-order valence-corrected chi connectivity index (χ3v) is 5.84. The summed E-state index contributed by atoms with van der Waals surface area (Å²) in [5.74, 6) is 0.500. The van der Waals surface area contributed by atoms with Gasteiger partial charge >= 0.3 is 6.61 Å². The molecule has 1 aromatic heterocycles. The summed E-state index contributed by atoms with van der Waals surface area (Å²) in [4.78, 5) is 18.9. The van der Waals surface area contributed by atoms with Gasteiger partial charge in [-0.3, -0.25) is 9.36 Å². The molecule has 0 N–H and O–H groups in total. The van der Waals surface area contributed by atoms with Crippen molar-refractivity contribution in [1.29, 1.82) is 0 Å². The first-order chi connectivity index (χ1) is 14.6. The first kappa shape index (κ1) is 20.4. The second kappa shape index (κ2) is 9.30. The summed E-state index contributed by atoms with van der Waals surface area (Å²) >= 11 is 1.38. The molecule has 4 rings (SSSR count). The molecule has 0 unspecified atom stereocenters. The van der Waals surface area contributed by atoms with Gasteiger partial charge in [0.1, 0.15) is 5.75 Å².